The predicted molar refractivity (Wildman–Crippen MR) is 80.2 cm³/mol. The molecule has 0 spiro atoms. The van der Waals surface area contributed by atoms with E-state index >= 15 is 0 Å². The van der Waals surface area contributed by atoms with Crippen LogP contribution in [-0.2, 0) is 0 Å². The van der Waals surface area contributed by atoms with Gasteiger partial charge in [0.1, 0.15) is 5.52 Å². The first kappa shape index (κ1) is 11.0. The average Bonchev–Trinajstić information content (AvgIpc) is 2.83. The minimum atomic E-state index is -0.270. The van der Waals surface area contributed by atoms with Crippen molar-refractivity contribution in [3.05, 3.63) is 69.1 Å². The summed E-state index contributed by atoms with van der Waals surface area (Å²) < 4.78 is 0. The van der Waals surface area contributed by atoms with E-state index in [-0.39, 0.29) is 11.0 Å². The van der Waals surface area contributed by atoms with Crippen molar-refractivity contribution in [2.75, 3.05) is 0 Å². The van der Waals surface area contributed by atoms with Crippen LogP contribution in [0.4, 0.5) is 0 Å². The summed E-state index contributed by atoms with van der Waals surface area (Å²) in [5, 5.41) is 8.78. The number of H-pyrrole nitrogens is 2. The van der Waals surface area contributed by atoms with Gasteiger partial charge in [-0.1, -0.05) is 48.5 Å². The maximum atomic E-state index is 12.6. The first-order chi connectivity index (χ1) is 9.77. The molecule has 0 atom stereocenters. The number of benzene rings is 2. The Morgan fingerprint density at radius 3 is 1.90 bits per heavy atom. The molecule has 0 saturated carbocycles. The lowest BCUT2D eigenvalue weighted by molar-refractivity contribution is 1.08. The summed E-state index contributed by atoms with van der Waals surface area (Å²) in [5.41, 5.74) is -0.105. The predicted octanol–water partition coefficient (Wildman–Crippen LogP) is 2.52. The van der Waals surface area contributed by atoms with Crippen LogP contribution in [-0.4, -0.2) is 10.2 Å². The zero-order valence-corrected chi connectivity index (χ0v) is 10.4. The summed E-state index contributed by atoms with van der Waals surface area (Å²) in [6.07, 6.45) is 0. The molecule has 0 bridgehead atoms. The lowest BCUT2D eigenvalue weighted by Gasteiger charge is -1.96. The smallest absolute Gasteiger partial charge is 0.272 e. The lowest BCUT2D eigenvalue weighted by atomic mass is 10.1. The molecule has 4 aromatic rings. The van der Waals surface area contributed by atoms with Gasteiger partial charge in [-0.15, -0.1) is 0 Å². The van der Waals surface area contributed by atoms with Crippen molar-refractivity contribution >= 4 is 32.4 Å². The van der Waals surface area contributed by atoms with Crippen LogP contribution in [0.5, 0.6) is 0 Å². The zero-order chi connectivity index (χ0) is 13.7. The second-order valence-corrected chi connectivity index (χ2v) is 4.75. The van der Waals surface area contributed by atoms with Crippen LogP contribution in [0.15, 0.2) is 58.1 Å². The van der Waals surface area contributed by atoms with Gasteiger partial charge in [-0.25, -0.2) is 0 Å². The molecular weight excluding hydrogens is 252 g/mol. The maximum absolute atomic E-state index is 12.6. The number of rotatable bonds is 0. The minimum absolute atomic E-state index is 0.162. The molecule has 0 saturated heterocycles. The molecule has 1 heterocycles. The van der Waals surface area contributed by atoms with E-state index in [0.29, 0.717) is 16.3 Å². The highest BCUT2D eigenvalue weighted by molar-refractivity contribution is 6.16. The van der Waals surface area contributed by atoms with Crippen molar-refractivity contribution in [2.24, 2.45) is 0 Å². The van der Waals surface area contributed by atoms with Gasteiger partial charge >= 0.3 is 0 Å². The van der Waals surface area contributed by atoms with Crippen molar-refractivity contribution in [3.8, 4) is 0 Å². The fourth-order valence-electron chi connectivity index (χ4n) is 2.77. The molecule has 2 N–H and O–H groups in total. The summed E-state index contributed by atoms with van der Waals surface area (Å²) in [7, 11) is 0. The van der Waals surface area contributed by atoms with Gasteiger partial charge in [0.25, 0.3) is 5.56 Å². The van der Waals surface area contributed by atoms with E-state index in [2.05, 4.69) is 10.2 Å². The highest BCUT2D eigenvalue weighted by atomic mass is 16.1. The average molecular weight is 262 g/mol. The molecule has 0 aliphatic carbocycles. The largest absolute Gasteiger partial charge is 0.294 e. The third-order valence-electron chi connectivity index (χ3n) is 3.66. The molecule has 96 valence electrons. The molecule has 4 heteroatoms. The molecule has 0 unspecified atom stereocenters. The first-order valence-corrected chi connectivity index (χ1v) is 6.31. The van der Waals surface area contributed by atoms with Gasteiger partial charge in [-0.2, -0.15) is 0 Å². The van der Waals surface area contributed by atoms with Crippen molar-refractivity contribution in [3.63, 3.8) is 0 Å². The van der Waals surface area contributed by atoms with Gasteiger partial charge in [-0.05, 0) is 16.2 Å². The maximum Gasteiger partial charge on any atom is 0.272 e. The molecule has 0 fully saturated rings. The Balaban J connectivity index is 2.59. The molecule has 0 radical (unpaired) electrons. The number of hydrogen-bond donors (Lipinski definition) is 2. The molecule has 0 amide bonds. The summed E-state index contributed by atoms with van der Waals surface area (Å²) >= 11 is 0. The van der Waals surface area contributed by atoms with Crippen molar-refractivity contribution in [1.82, 2.24) is 10.2 Å². The fraction of sp³-hybridized carbons (Fsp3) is 0. The SMILES string of the molecule is O=c1c2ccccc2c2ccccc2c2c(=O)[nH][nH]c12. The lowest BCUT2D eigenvalue weighted by Crippen LogP contribution is -1.99. The van der Waals surface area contributed by atoms with Crippen LogP contribution in [0, 0.1) is 0 Å². The van der Waals surface area contributed by atoms with Gasteiger partial charge in [0, 0.05) is 5.39 Å². The molecule has 0 aliphatic heterocycles. The van der Waals surface area contributed by atoms with E-state index < -0.39 is 0 Å². The first-order valence-electron chi connectivity index (χ1n) is 6.31. The summed E-state index contributed by atoms with van der Waals surface area (Å²) in [5.74, 6) is 0. The monoisotopic (exact) mass is 262 g/mol. The minimum Gasteiger partial charge on any atom is -0.294 e. The fourth-order valence-corrected chi connectivity index (χ4v) is 2.77. The summed E-state index contributed by atoms with van der Waals surface area (Å²) in [6.45, 7) is 0. The van der Waals surface area contributed by atoms with Crippen LogP contribution in [0.25, 0.3) is 32.4 Å². The molecule has 4 nitrogen and oxygen atoms in total. The number of aromatic nitrogens is 2. The Hall–Kier alpha value is -2.88. The molecule has 20 heavy (non-hydrogen) atoms. The van der Waals surface area contributed by atoms with E-state index in [0.717, 1.165) is 16.2 Å². The van der Waals surface area contributed by atoms with E-state index in [1.54, 1.807) is 6.07 Å². The third-order valence-corrected chi connectivity index (χ3v) is 3.66. The van der Waals surface area contributed by atoms with Gasteiger partial charge in [-0.3, -0.25) is 19.8 Å². The zero-order valence-electron chi connectivity index (χ0n) is 10.4. The van der Waals surface area contributed by atoms with Gasteiger partial charge in [0.2, 0.25) is 5.43 Å². The number of hydrogen-bond acceptors (Lipinski definition) is 2. The molecule has 1 aromatic heterocycles. The number of fused-ring (bicyclic) bond motifs is 5. The topological polar surface area (TPSA) is 65.7 Å². The van der Waals surface area contributed by atoms with E-state index in [1.807, 2.05) is 42.5 Å². The normalized spacial score (nSPS) is 11.4. The Morgan fingerprint density at radius 1 is 0.650 bits per heavy atom. The van der Waals surface area contributed by atoms with Gasteiger partial charge in [0.05, 0.1) is 5.39 Å². The Labute approximate surface area is 112 Å². The van der Waals surface area contributed by atoms with Crippen LogP contribution in [0.1, 0.15) is 0 Å². The van der Waals surface area contributed by atoms with Crippen molar-refractivity contribution in [2.45, 2.75) is 0 Å². The van der Waals surface area contributed by atoms with Crippen molar-refractivity contribution in [1.29, 1.82) is 0 Å². The number of aromatic amines is 2. The van der Waals surface area contributed by atoms with Gasteiger partial charge in [0.15, 0.2) is 0 Å². The summed E-state index contributed by atoms with van der Waals surface area (Å²) in [6, 6.07) is 15.0. The Kier molecular flexibility index (Phi) is 2.09. The second kappa shape index (κ2) is 3.81. The van der Waals surface area contributed by atoms with Crippen LogP contribution in [0.2, 0.25) is 0 Å². The molecule has 4 rings (SSSR count). The van der Waals surface area contributed by atoms with Gasteiger partial charge < -0.3 is 0 Å². The van der Waals surface area contributed by atoms with E-state index in [4.69, 9.17) is 0 Å². The molecular formula is C16H10N2O2. The Morgan fingerprint density at radius 2 is 1.20 bits per heavy atom. The van der Waals surface area contributed by atoms with E-state index in [9.17, 15) is 9.59 Å². The van der Waals surface area contributed by atoms with E-state index in [1.165, 1.54) is 0 Å². The Bertz CT molecular complexity index is 1090. The molecule has 0 aliphatic rings. The highest BCUT2D eigenvalue weighted by Gasteiger charge is 2.11. The number of nitrogens with one attached hydrogen (secondary N) is 2. The van der Waals surface area contributed by atoms with Crippen molar-refractivity contribution < 1.29 is 0 Å². The van der Waals surface area contributed by atoms with Crippen LogP contribution >= 0.6 is 0 Å². The standard InChI is InChI=1S/C16H10N2O2/c19-15-12-8-4-2-6-10(12)9-5-1-3-7-11(9)13-14(15)17-18-16(13)20/h1-8H,(H2,17,18,20). The van der Waals surface area contributed by atoms with Crippen LogP contribution < -0.4 is 11.0 Å². The quantitative estimate of drug-likeness (QED) is 0.511. The third kappa shape index (κ3) is 1.30. The molecule has 3 aromatic carbocycles. The second-order valence-electron chi connectivity index (χ2n) is 4.75. The highest BCUT2D eigenvalue weighted by Crippen LogP contribution is 2.25. The van der Waals surface area contributed by atoms with Crippen LogP contribution in [0.3, 0.4) is 0 Å². The summed E-state index contributed by atoms with van der Waals surface area (Å²) in [4.78, 5) is 24.7.